The van der Waals surface area contributed by atoms with Gasteiger partial charge in [0.15, 0.2) is 4.34 Å². The second kappa shape index (κ2) is 5.30. The smallest absolute Gasteiger partial charge is 0.213 e. The van der Waals surface area contributed by atoms with E-state index in [4.69, 9.17) is 0 Å². The van der Waals surface area contributed by atoms with E-state index in [2.05, 4.69) is 17.0 Å². The summed E-state index contributed by atoms with van der Waals surface area (Å²) in [6.45, 7) is 2.15. The first-order chi connectivity index (χ1) is 9.26. The number of nitrogens with zero attached hydrogens (tertiary/aromatic N) is 3. The third-order valence-corrected chi connectivity index (χ3v) is 4.86. The Bertz CT molecular complexity index is 656. The maximum absolute atomic E-state index is 12.9. The number of imidazole rings is 1. The van der Waals surface area contributed by atoms with Crippen LogP contribution in [0.4, 0.5) is 4.39 Å². The molecule has 19 heavy (non-hydrogen) atoms. The van der Waals surface area contributed by atoms with E-state index in [9.17, 15) is 4.39 Å². The molecule has 2 heterocycles. The molecule has 0 atom stereocenters. The summed E-state index contributed by atoms with van der Waals surface area (Å²) in [5, 5.41) is 4.48. The van der Waals surface area contributed by atoms with E-state index in [1.165, 1.54) is 12.1 Å². The Morgan fingerprint density at radius 1 is 1.32 bits per heavy atom. The van der Waals surface area contributed by atoms with Gasteiger partial charge in [-0.1, -0.05) is 30.0 Å². The molecule has 0 aliphatic rings. The van der Waals surface area contributed by atoms with E-state index in [0.717, 1.165) is 32.7 Å². The zero-order chi connectivity index (χ0) is 13.2. The van der Waals surface area contributed by atoms with E-state index in [0.29, 0.717) is 0 Å². The fourth-order valence-electron chi connectivity index (χ4n) is 1.69. The second-order valence-electron chi connectivity index (χ2n) is 4.08. The lowest BCUT2D eigenvalue weighted by Gasteiger charge is -1.95. The van der Waals surface area contributed by atoms with Crippen LogP contribution in [0.15, 0.2) is 34.8 Å². The van der Waals surface area contributed by atoms with Crippen LogP contribution >= 0.6 is 23.1 Å². The van der Waals surface area contributed by atoms with Crippen LogP contribution in [-0.4, -0.2) is 20.4 Å². The van der Waals surface area contributed by atoms with Gasteiger partial charge in [-0.15, -0.1) is 5.10 Å². The summed E-state index contributed by atoms with van der Waals surface area (Å²) in [6, 6.07) is 6.35. The molecule has 0 aliphatic carbocycles. The molecular weight excluding hydrogens is 281 g/mol. The first-order valence-corrected chi connectivity index (χ1v) is 7.81. The van der Waals surface area contributed by atoms with Crippen LogP contribution in [0.25, 0.3) is 16.2 Å². The maximum Gasteiger partial charge on any atom is 0.213 e. The first kappa shape index (κ1) is 12.6. The molecule has 0 radical (unpaired) electrons. The topological polar surface area (TPSA) is 30.2 Å². The lowest BCUT2D eigenvalue weighted by atomic mass is 10.2. The highest BCUT2D eigenvalue weighted by atomic mass is 32.2. The summed E-state index contributed by atoms with van der Waals surface area (Å²) in [4.78, 5) is 5.40. The van der Waals surface area contributed by atoms with Crippen molar-refractivity contribution in [3.63, 3.8) is 0 Å². The first-order valence-electron chi connectivity index (χ1n) is 6.01. The number of fused-ring (bicyclic) bond motifs is 1. The molecule has 1 aromatic carbocycles. The van der Waals surface area contributed by atoms with Crippen molar-refractivity contribution in [2.45, 2.75) is 17.7 Å². The van der Waals surface area contributed by atoms with E-state index in [1.54, 1.807) is 39.7 Å². The number of aromatic nitrogens is 3. The number of benzene rings is 1. The van der Waals surface area contributed by atoms with Gasteiger partial charge in [0.2, 0.25) is 4.96 Å². The zero-order valence-corrected chi connectivity index (χ0v) is 12.0. The monoisotopic (exact) mass is 293 g/mol. The number of rotatable bonds is 4. The molecule has 0 unspecified atom stereocenters. The summed E-state index contributed by atoms with van der Waals surface area (Å²) in [5.41, 5.74) is 1.73. The molecule has 0 spiro atoms. The Labute approximate surface area is 118 Å². The van der Waals surface area contributed by atoms with Gasteiger partial charge in [0.05, 0.1) is 11.9 Å². The number of hydrogen-bond donors (Lipinski definition) is 0. The minimum atomic E-state index is -0.235. The van der Waals surface area contributed by atoms with E-state index in [-0.39, 0.29) is 5.82 Å². The third kappa shape index (κ3) is 2.64. The van der Waals surface area contributed by atoms with Crippen LogP contribution in [0, 0.1) is 5.82 Å². The molecule has 3 aromatic rings. The lowest BCUT2D eigenvalue weighted by molar-refractivity contribution is 0.628. The van der Waals surface area contributed by atoms with E-state index >= 15 is 0 Å². The fourth-order valence-corrected chi connectivity index (χ4v) is 3.54. The van der Waals surface area contributed by atoms with Crippen LogP contribution < -0.4 is 0 Å². The molecule has 0 aliphatic heterocycles. The van der Waals surface area contributed by atoms with Crippen LogP contribution in [0.1, 0.15) is 13.3 Å². The Balaban J connectivity index is 1.90. The largest absolute Gasteiger partial charge is 0.217 e. The molecule has 0 saturated carbocycles. The van der Waals surface area contributed by atoms with Crippen molar-refractivity contribution in [2.24, 2.45) is 0 Å². The van der Waals surface area contributed by atoms with Crippen LogP contribution in [-0.2, 0) is 0 Å². The minimum Gasteiger partial charge on any atom is -0.217 e. The highest BCUT2D eigenvalue weighted by Gasteiger charge is 2.09. The van der Waals surface area contributed by atoms with Crippen LogP contribution in [0.2, 0.25) is 0 Å². The van der Waals surface area contributed by atoms with Gasteiger partial charge in [-0.05, 0) is 30.7 Å². The normalized spacial score (nSPS) is 11.3. The number of halogens is 1. The molecule has 3 rings (SSSR count). The Kier molecular flexibility index (Phi) is 3.52. The standard InChI is InChI=1S/C13H12FN3S2/c1-2-7-18-13-16-17-8-11(15-12(17)19-13)9-3-5-10(14)6-4-9/h3-6,8H,2,7H2,1H3. The molecule has 0 N–H and O–H groups in total. The third-order valence-electron chi connectivity index (χ3n) is 2.59. The molecule has 3 nitrogen and oxygen atoms in total. The van der Waals surface area contributed by atoms with E-state index in [1.807, 2.05) is 6.20 Å². The average Bonchev–Trinajstić information content (AvgIpc) is 2.95. The quantitative estimate of drug-likeness (QED) is 0.678. The highest BCUT2D eigenvalue weighted by Crippen LogP contribution is 2.27. The summed E-state index contributed by atoms with van der Waals surface area (Å²) in [7, 11) is 0. The fraction of sp³-hybridized carbons (Fsp3) is 0.231. The SMILES string of the molecule is CCCSc1nn2cc(-c3ccc(F)cc3)nc2s1. The molecular formula is C13H12FN3S2. The van der Waals surface area contributed by atoms with Crippen molar-refractivity contribution in [3.05, 3.63) is 36.3 Å². The van der Waals surface area contributed by atoms with Crippen LogP contribution in [0.3, 0.4) is 0 Å². The maximum atomic E-state index is 12.9. The minimum absolute atomic E-state index is 0.235. The summed E-state index contributed by atoms with van der Waals surface area (Å²) < 4.78 is 15.7. The van der Waals surface area contributed by atoms with Crippen molar-refractivity contribution in [3.8, 4) is 11.3 Å². The molecule has 6 heteroatoms. The highest BCUT2D eigenvalue weighted by molar-refractivity contribution is 8.01. The van der Waals surface area contributed by atoms with Gasteiger partial charge in [-0.25, -0.2) is 13.9 Å². The van der Waals surface area contributed by atoms with Gasteiger partial charge >= 0.3 is 0 Å². The summed E-state index contributed by atoms with van der Waals surface area (Å²) >= 11 is 3.34. The zero-order valence-electron chi connectivity index (χ0n) is 10.3. The predicted octanol–water partition coefficient (Wildman–Crippen LogP) is 4.10. The molecule has 98 valence electrons. The Morgan fingerprint density at radius 3 is 2.79 bits per heavy atom. The lowest BCUT2D eigenvalue weighted by Crippen LogP contribution is -1.82. The van der Waals surface area contributed by atoms with Crippen molar-refractivity contribution < 1.29 is 4.39 Å². The predicted molar refractivity (Wildman–Crippen MR) is 77.3 cm³/mol. The Morgan fingerprint density at radius 2 is 2.11 bits per heavy atom. The van der Waals surface area contributed by atoms with Crippen molar-refractivity contribution in [1.82, 2.24) is 14.6 Å². The van der Waals surface area contributed by atoms with Gasteiger partial charge in [-0.3, -0.25) is 0 Å². The van der Waals surface area contributed by atoms with Crippen LogP contribution in [0.5, 0.6) is 0 Å². The molecule has 0 amide bonds. The average molecular weight is 293 g/mol. The molecule has 0 fully saturated rings. The Hall–Kier alpha value is -1.40. The number of hydrogen-bond acceptors (Lipinski definition) is 4. The molecule has 2 aromatic heterocycles. The summed E-state index contributed by atoms with van der Waals surface area (Å²) in [5.74, 6) is 0.836. The van der Waals surface area contributed by atoms with Crippen molar-refractivity contribution in [1.29, 1.82) is 0 Å². The van der Waals surface area contributed by atoms with Gasteiger partial charge in [0, 0.05) is 11.3 Å². The van der Waals surface area contributed by atoms with Gasteiger partial charge < -0.3 is 0 Å². The van der Waals surface area contributed by atoms with Gasteiger partial charge in [0.1, 0.15) is 5.82 Å². The van der Waals surface area contributed by atoms with Crippen molar-refractivity contribution >= 4 is 28.1 Å². The van der Waals surface area contributed by atoms with Crippen molar-refractivity contribution in [2.75, 3.05) is 5.75 Å². The van der Waals surface area contributed by atoms with E-state index < -0.39 is 0 Å². The van der Waals surface area contributed by atoms with Gasteiger partial charge in [-0.2, -0.15) is 0 Å². The number of thioether (sulfide) groups is 1. The second-order valence-corrected chi connectivity index (χ2v) is 6.37. The van der Waals surface area contributed by atoms with Gasteiger partial charge in [0.25, 0.3) is 0 Å². The summed E-state index contributed by atoms with van der Waals surface area (Å²) in [6.07, 6.45) is 3.02. The molecule has 0 bridgehead atoms. The molecule has 0 saturated heterocycles.